The van der Waals surface area contributed by atoms with E-state index in [0.29, 0.717) is 30.2 Å². The molecule has 0 unspecified atom stereocenters. The molecule has 2 rings (SSSR count). The zero-order valence-electron chi connectivity index (χ0n) is 18.1. The quantitative estimate of drug-likeness (QED) is 0.416. The van der Waals surface area contributed by atoms with Gasteiger partial charge in [-0.05, 0) is 43.8 Å². The van der Waals surface area contributed by atoms with E-state index < -0.39 is 11.2 Å². The molecule has 4 N–H and O–H groups in total. The van der Waals surface area contributed by atoms with Crippen LogP contribution in [0, 0.1) is 5.92 Å². The van der Waals surface area contributed by atoms with Gasteiger partial charge in [0.15, 0.2) is 10.8 Å². The molecule has 164 valence electrons. The van der Waals surface area contributed by atoms with Crippen LogP contribution in [-0.2, 0) is 6.54 Å². The fourth-order valence-corrected chi connectivity index (χ4v) is 4.31. The zero-order chi connectivity index (χ0) is 21.4. The number of anilines is 2. The minimum Gasteiger partial charge on any atom is -0.383 e. The molecule has 1 aromatic rings. The maximum atomic E-state index is 12.7. The molecule has 0 amide bonds. The van der Waals surface area contributed by atoms with E-state index in [0.717, 1.165) is 38.5 Å². The first-order chi connectivity index (χ1) is 13.9. The van der Waals surface area contributed by atoms with Crippen LogP contribution < -0.4 is 27.2 Å². The monoisotopic (exact) mass is 423 g/mol. The summed E-state index contributed by atoms with van der Waals surface area (Å²) in [6.45, 7) is 7.51. The van der Waals surface area contributed by atoms with Crippen LogP contribution in [0.4, 0.5) is 11.5 Å². The van der Waals surface area contributed by atoms with Crippen molar-refractivity contribution in [1.82, 2.24) is 14.9 Å². The van der Waals surface area contributed by atoms with Gasteiger partial charge in [-0.15, -0.1) is 0 Å². The number of rotatable bonds is 9. The topological polar surface area (TPSA) is 96.2 Å². The van der Waals surface area contributed by atoms with Crippen molar-refractivity contribution in [1.29, 1.82) is 0 Å². The molecule has 0 aliphatic heterocycles. The Labute approximate surface area is 179 Å². The van der Waals surface area contributed by atoms with E-state index in [1.807, 2.05) is 4.90 Å². The second kappa shape index (κ2) is 11.4. The number of hydrogen-bond donors (Lipinski definition) is 3. The summed E-state index contributed by atoms with van der Waals surface area (Å²) < 4.78 is 1.46. The van der Waals surface area contributed by atoms with Gasteiger partial charge in [0.2, 0.25) is 0 Å². The first-order valence-corrected chi connectivity index (χ1v) is 11.5. The van der Waals surface area contributed by atoms with E-state index in [9.17, 15) is 9.59 Å². The number of H-pyrrole nitrogens is 1. The first-order valence-electron chi connectivity index (χ1n) is 11.1. The van der Waals surface area contributed by atoms with E-state index in [2.05, 4.69) is 31.1 Å². The van der Waals surface area contributed by atoms with Gasteiger partial charge in [0.1, 0.15) is 5.82 Å². The van der Waals surface area contributed by atoms with Gasteiger partial charge < -0.3 is 16.0 Å². The van der Waals surface area contributed by atoms with Crippen molar-refractivity contribution in [3.63, 3.8) is 0 Å². The number of nitrogens with two attached hydrogens (primary N) is 1. The van der Waals surface area contributed by atoms with Gasteiger partial charge in [-0.2, -0.15) is 0 Å². The molecule has 1 heterocycles. The van der Waals surface area contributed by atoms with Gasteiger partial charge in [0.25, 0.3) is 5.56 Å². The molecule has 0 bridgehead atoms. The Morgan fingerprint density at radius 3 is 2.55 bits per heavy atom. The van der Waals surface area contributed by atoms with Gasteiger partial charge in [-0.3, -0.25) is 14.3 Å². The summed E-state index contributed by atoms with van der Waals surface area (Å²) in [7, 11) is 0. The predicted octanol–water partition coefficient (Wildman–Crippen LogP) is 3.37. The largest absolute Gasteiger partial charge is 0.383 e. The maximum Gasteiger partial charge on any atom is 0.330 e. The summed E-state index contributed by atoms with van der Waals surface area (Å²) in [5.74, 6) is 0.734. The molecule has 0 spiro atoms. The van der Waals surface area contributed by atoms with E-state index in [4.69, 9.17) is 18.0 Å². The highest BCUT2D eigenvalue weighted by Gasteiger charge is 2.26. The molecule has 1 aliphatic carbocycles. The van der Waals surface area contributed by atoms with Crippen molar-refractivity contribution in [2.75, 3.05) is 17.2 Å². The summed E-state index contributed by atoms with van der Waals surface area (Å²) in [6, 6.07) is 0.302. The van der Waals surface area contributed by atoms with E-state index in [1.165, 1.54) is 23.8 Å². The Bertz CT molecular complexity index is 788. The Morgan fingerprint density at radius 2 is 1.90 bits per heavy atom. The van der Waals surface area contributed by atoms with Crippen molar-refractivity contribution in [2.45, 2.75) is 91.1 Å². The number of hydrogen-bond acceptors (Lipinski definition) is 4. The second-order valence-electron chi connectivity index (χ2n) is 8.17. The smallest absolute Gasteiger partial charge is 0.330 e. The number of aromatic amines is 1. The summed E-state index contributed by atoms with van der Waals surface area (Å²) >= 11 is 5.74. The number of thiocarbonyl (C=S) groups is 1. The molecule has 1 aromatic heterocycles. The van der Waals surface area contributed by atoms with Gasteiger partial charge in [-0.1, -0.05) is 52.9 Å². The highest BCUT2D eigenvalue weighted by atomic mass is 32.1. The lowest BCUT2D eigenvalue weighted by molar-refractivity contribution is 0.309. The van der Waals surface area contributed by atoms with Crippen LogP contribution >= 0.6 is 12.2 Å². The Balaban J connectivity index is 2.36. The summed E-state index contributed by atoms with van der Waals surface area (Å²) in [5.41, 5.74) is 5.70. The first kappa shape index (κ1) is 23.4. The molecule has 29 heavy (non-hydrogen) atoms. The molecule has 1 aliphatic rings. The van der Waals surface area contributed by atoms with Crippen LogP contribution in [-0.4, -0.2) is 27.3 Å². The molecule has 2 atom stereocenters. The predicted molar refractivity (Wildman–Crippen MR) is 125 cm³/mol. The molecule has 0 radical (unpaired) electrons. The standard InChI is InChI=1S/C21H37N5O2S/c1-4-6-10-14-25(21(29)23-16-12-9-8-11-15(16)3)17-18(22)26(13-7-5-2)20(28)24-19(17)27/h15-16H,4-14,22H2,1-3H3,(H,23,29)(H,24,27,28)/t15-,16+/m1/s1. The number of nitrogens with zero attached hydrogens (tertiary/aromatic N) is 2. The van der Waals surface area contributed by atoms with Crippen molar-refractivity contribution in [3.05, 3.63) is 20.8 Å². The number of aromatic nitrogens is 2. The minimum absolute atomic E-state index is 0.199. The van der Waals surface area contributed by atoms with Crippen LogP contribution in [0.3, 0.4) is 0 Å². The molecule has 7 nitrogen and oxygen atoms in total. The molecular weight excluding hydrogens is 386 g/mol. The highest BCUT2D eigenvalue weighted by Crippen LogP contribution is 2.25. The third-order valence-electron chi connectivity index (χ3n) is 5.87. The second-order valence-corrected chi connectivity index (χ2v) is 8.56. The summed E-state index contributed by atoms with van der Waals surface area (Å²) in [6.07, 6.45) is 9.43. The van der Waals surface area contributed by atoms with E-state index in [1.54, 1.807) is 0 Å². The third-order valence-corrected chi connectivity index (χ3v) is 6.21. The third kappa shape index (κ3) is 6.07. The van der Waals surface area contributed by atoms with Crippen LogP contribution in [0.2, 0.25) is 0 Å². The Kier molecular flexibility index (Phi) is 9.20. The molecule has 8 heteroatoms. The lowest BCUT2D eigenvalue weighted by Crippen LogP contribution is -2.50. The molecule has 0 saturated heterocycles. The average Bonchev–Trinajstić information content (AvgIpc) is 2.68. The summed E-state index contributed by atoms with van der Waals surface area (Å²) in [4.78, 5) is 29.3. The SMILES string of the molecule is CCCCCN(C(=S)N[C@H]1CCCC[C@H]1C)c1c(N)n(CCCC)c(=O)[nH]c1=O. The molecule has 0 aromatic carbocycles. The van der Waals surface area contributed by atoms with Crippen LogP contribution in [0.5, 0.6) is 0 Å². The van der Waals surface area contributed by atoms with Crippen molar-refractivity contribution >= 4 is 28.8 Å². The van der Waals surface area contributed by atoms with Crippen molar-refractivity contribution in [2.24, 2.45) is 5.92 Å². The lowest BCUT2D eigenvalue weighted by atomic mass is 9.86. The van der Waals surface area contributed by atoms with Crippen LogP contribution in [0.15, 0.2) is 9.59 Å². The van der Waals surface area contributed by atoms with E-state index >= 15 is 0 Å². The number of nitrogens with one attached hydrogen (secondary N) is 2. The average molecular weight is 424 g/mol. The zero-order valence-corrected chi connectivity index (χ0v) is 18.9. The van der Waals surface area contributed by atoms with E-state index in [-0.39, 0.29) is 11.5 Å². The number of unbranched alkanes of at least 4 members (excludes halogenated alkanes) is 3. The Hall–Kier alpha value is -1.83. The Morgan fingerprint density at radius 1 is 1.21 bits per heavy atom. The normalized spacial score (nSPS) is 19.1. The van der Waals surface area contributed by atoms with Gasteiger partial charge >= 0.3 is 5.69 Å². The van der Waals surface area contributed by atoms with Gasteiger partial charge in [0, 0.05) is 19.1 Å². The number of nitrogen functional groups attached to an aromatic ring is 1. The van der Waals surface area contributed by atoms with Gasteiger partial charge in [-0.25, -0.2) is 4.79 Å². The minimum atomic E-state index is -0.474. The maximum absolute atomic E-state index is 12.7. The molecular formula is C21H37N5O2S. The fraction of sp³-hybridized carbons (Fsp3) is 0.762. The highest BCUT2D eigenvalue weighted by molar-refractivity contribution is 7.80. The molecule has 1 fully saturated rings. The van der Waals surface area contributed by atoms with Gasteiger partial charge in [0.05, 0.1) is 0 Å². The lowest BCUT2D eigenvalue weighted by Gasteiger charge is -2.34. The fourth-order valence-electron chi connectivity index (χ4n) is 3.98. The van der Waals surface area contributed by atoms with Crippen molar-refractivity contribution < 1.29 is 0 Å². The van der Waals surface area contributed by atoms with Crippen molar-refractivity contribution in [3.8, 4) is 0 Å². The summed E-state index contributed by atoms with van der Waals surface area (Å²) in [5, 5.41) is 4.01. The van der Waals surface area contributed by atoms with Crippen LogP contribution in [0.25, 0.3) is 0 Å². The van der Waals surface area contributed by atoms with Crippen LogP contribution in [0.1, 0.15) is 78.6 Å². The molecule has 1 saturated carbocycles.